The van der Waals surface area contributed by atoms with Crippen molar-refractivity contribution in [3.8, 4) is 11.1 Å². The standard InChI is InChI=1S/C28H34N2O5/c1-2-19(14-15-26(31)30-25(16-27(32)33)18-8-7-9-18)29-28(34)35-17-24-22-12-5-3-10-20(22)21-11-4-6-13-23(21)24/h3-6,10-13,18-19,24-25H,2,7-9,14-17H2,1H3,(H,29,34)(H,30,31)(H,32,33). The first-order valence-corrected chi connectivity index (χ1v) is 12.6. The van der Waals surface area contributed by atoms with E-state index in [4.69, 9.17) is 9.84 Å². The summed E-state index contributed by atoms with van der Waals surface area (Å²) in [5, 5.41) is 14.9. The largest absolute Gasteiger partial charge is 0.481 e. The van der Waals surface area contributed by atoms with Gasteiger partial charge in [-0.25, -0.2) is 4.79 Å². The molecule has 0 heterocycles. The van der Waals surface area contributed by atoms with E-state index in [0.29, 0.717) is 12.8 Å². The van der Waals surface area contributed by atoms with Gasteiger partial charge >= 0.3 is 12.1 Å². The Hall–Kier alpha value is -3.35. The molecule has 4 rings (SSSR count). The topological polar surface area (TPSA) is 105 Å². The molecule has 0 bridgehead atoms. The van der Waals surface area contributed by atoms with Crippen molar-refractivity contribution in [3.05, 3.63) is 59.7 Å². The predicted octanol–water partition coefficient (Wildman–Crippen LogP) is 4.84. The number of hydrogen-bond acceptors (Lipinski definition) is 4. The Labute approximate surface area is 206 Å². The molecule has 186 valence electrons. The molecule has 0 aliphatic heterocycles. The molecule has 35 heavy (non-hydrogen) atoms. The lowest BCUT2D eigenvalue weighted by Crippen LogP contribution is -2.44. The maximum Gasteiger partial charge on any atom is 0.407 e. The number of hydrogen-bond donors (Lipinski definition) is 3. The molecule has 0 spiro atoms. The van der Waals surface area contributed by atoms with E-state index >= 15 is 0 Å². The van der Waals surface area contributed by atoms with E-state index in [2.05, 4.69) is 34.9 Å². The first kappa shape index (κ1) is 24.8. The number of carbonyl (C=O) groups is 3. The summed E-state index contributed by atoms with van der Waals surface area (Å²) in [5.74, 6) is -0.825. The zero-order valence-corrected chi connectivity index (χ0v) is 20.2. The second-order valence-electron chi connectivity index (χ2n) is 9.58. The molecule has 7 nitrogen and oxygen atoms in total. The third-order valence-corrected chi connectivity index (χ3v) is 7.34. The highest BCUT2D eigenvalue weighted by molar-refractivity contribution is 5.79. The number of alkyl carbamates (subject to hydrolysis) is 1. The van der Waals surface area contributed by atoms with Crippen LogP contribution in [0.3, 0.4) is 0 Å². The van der Waals surface area contributed by atoms with Crippen LogP contribution in [-0.2, 0) is 14.3 Å². The minimum Gasteiger partial charge on any atom is -0.481 e. The number of carbonyl (C=O) groups excluding carboxylic acids is 2. The number of ether oxygens (including phenoxy) is 1. The van der Waals surface area contributed by atoms with E-state index in [1.165, 1.54) is 11.1 Å². The molecule has 7 heteroatoms. The maximum absolute atomic E-state index is 12.6. The molecule has 0 radical (unpaired) electrons. The number of carboxylic acid groups (broad SMARTS) is 1. The third kappa shape index (κ3) is 6.02. The van der Waals surface area contributed by atoms with Gasteiger partial charge < -0.3 is 20.5 Å². The van der Waals surface area contributed by atoms with Gasteiger partial charge in [0.1, 0.15) is 6.61 Å². The number of benzene rings is 2. The number of nitrogens with one attached hydrogen (secondary N) is 2. The molecule has 1 saturated carbocycles. The molecule has 3 N–H and O–H groups in total. The van der Waals surface area contributed by atoms with Crippen LogP contribution in [-0.4, -0.2) is 41.8 Å². The van der Waals surface area contributed by atoms with Crippen molar-refractivity contribution in [2.45, 2.75) is 69.9 Å². The fourth-order valence-electron chi connectivity index (χ4n) is 5.14. The van der Waals surface area contributed by atoms with E-state index in [9.17, 15) is 14.4 Å². The van der Waals surface area contributed by atoms with Crippen LogP contribution in [0.5, 0.6) is 0 Å². The fourth-order valence-corrected chi connectivity index (χ4v) is 5.14. The van der Waals surface area contributed by atoms with Crippen LogP contribution in [0.2, 0.25) is 0 Å². The fraction of sp³-hybridized carbons (Fsp3) is 0.464. The van der Waals surface area contributed by atoms with E-state index in [1.807, 2.05) is 31.2 Å². The minimum absolute atomic E-state index is 0.00308. The zero-order chi connectivity index (χ0) is 24.8. The molecule has 2 aliphatic rings. The summed E-state index contributed by atoms with van der Waals surface area (Å²) in [7, 11) is 0. The zero-order valence-electron chi connectivity index (χ0n) is 20.2. The van der Waals surface area contributed by atoms with Gasteiger partial charge in [-0.1, -0.05) is 61.9 Å². The average molecular weight is 479 g/mol. The van der Waals surface area contributed by atoms with Crippen molar-refractivity contribution < 1.29 is 24.2 Å². The molecular formula is C28H34N2O5. The summed E-state index contributed by atoms with van der Waals surface area (Å²) in [6, 6.07) is 15.9. The Balaban J connectivity index is 1.26. The van der Waals surface area contributed by atoms with Crippen LogP contribution >= 0.6 is 0 Å². The molecule has 2 aliphatic carbocycles. The van der Waals surface area contributed by atoms with E-state index in [1.54, 1.807) is 0 Å². The van der Waals surface area contributed by atoms with Gasteiger partial charge in [-0.05, 0) is 53.9 Å². The van der Waals surface area contributed by atoms with Gasteiger partial charge in [0, 0.05) is 24.4 Å². The molecule has 1 fully saturated rings. The first-order chi connectivity index (χ1) is 17.0. The van der Waals surface area contributed by atoms with Crippen molar-refractivity contribution in [2.75, 3.05) is 6.61 Å². The number of amides is 2. The smallest absolute Gasteiger partial charge is 0.407 e. The second-order valence-corrected chi connectivity index (χ2v) is 9.58. The Morgan fingerprint density at radius 3 is 2.17 bits per heavy atom. The summed E-state index contributed by atoms with van der Waals surface area (Å²) < 4.78 is 5.62. The lowest BCUT2D eigenvalue weighted by molar-refractivity contribution is -0.138. The summed E-state index contributed by atoms with van der Waals surface area (Å²) in [5.41, 5.74) is 4.68. The molecule has 0 saturated heterocycles. The van der Waals surface area contributed by atoms with Crippen LogP contribution in [0.25, 0.3) is 11.1 Å². The van der Waals surface area contributed by atoms with Crippen molar-refractivity contribution in [1.29, 1.82) is 0 Å². The highest BCUT2D eigenvalue weighted by Gasteiger charge is 2.31. The Kier molecular flexibility index (Phi) is 8.06. The highest BCUT2D eigenvalue weighted by atomic mass is 16.5. The SMILES string of the molecule is CCC(CCC(=O)NC(CC(=O)O)C1CCC1)NC(=O)OCC1c2ccccc2-c2ccccc21. The molecule has 0 aromatic heterocycles. The van der Waals surface area contributed by atoms with Crippen molar-refractivity contribution in [2.24, 2.45) is 5.92 Å². The maximum atomic E-state index is 12.6. The Morgan fingerprint density at radius 2 is 1.63 bits per heavy atom. The number of aliphatic carboxylic acids is 1. The number of carboxylic acids is 1. The van der Waals surface area contributed by atoms with Gasteiger partial charge in [0.05, 0.1) is 6.42 Å². The van der Waals surface area contributed by atoms with Gasteiger partial charge in [-0.3, -0.25) is 9.59 Å². The second kappa shape index (κ2) is 11.4. The summed E-state index contributed by atoms with van der Waals surface area (Å²) >= 11 is 0. The van der Waals surface area contributed by atoms with Gasteiger partial charge in [0.25, 0.3) is 0 Å². The number of rotatable bonds is 11. The quantitative estimate of drug-likeness (QED) is 0.429. The highest BCUT2D eigenvalue weighted by Crippen LogP contribution is 2.44. The minimum atomic E-state index is -0.898. The van der Waals surface area contributed by atoms with Gasteiger partial charge in [0.2, 0.25) is 5.91 Å². The normalized spacial score (nSPS) is 16.4. The lowest BCUT2D eigenvalue weighted by Gasteiger charge is -2.33. The van der Waals surface area contributed by atoms with Gasteiger partial charge in [0.15, 0.2) is 0 Å². The van der Waals surface area contributed by atoms with Gasteiger partial charge in [-0.15, -0.1) is 0 Å². The number of fused-ring (bicyclic) bond motifs is 3. The van der Waals surface area contributed by atoms with Crippen LogP contribution < -0.4 is 10.6 Å². The van der Waals surface area contributed by atoms with E-state index < -0.39 is 12.1 Å². The first-order valence-electron chi connectivity index (χ1n) is 12.6. The van der Waals surface area contributed by atoms with Crippen LogP contribution in [0, 0.1) is 5.92 Å². The molecule has 2 aromatic carbocycles. The van der Waals surface area contributed by atoms with Crippen LogP contribution in [0.4, 0.5) is 4.79 Å². The monoisotopic (exact) mass is 478 g/mol. The average Bonchev–Trinajstić information content (AvgIpc) is 3.12. The van der Waals surface area contributed by atoms with Gasteiger partial charge in [-0.2, -0.15) is 0 Å². The van der Waals surface area contributed by atoms with Crippen molar-refractivity contribution >= 4 is 18.0 Å². The Morgan fingerprint density at radius 1 is 1.00 bits per heavy atom. The Bertz CT molecular complexity index is 1020. The molecule has 2 amide bonds. The van der Waals surface area contributed by atoms with Crippen molar-refractivity contribution in [1.82, 2.24) is 10.6 Å². The molecule has 2 unspecified atom stereocenters. The summed E-state index contributed by atoms with van der Waals surface area (Å²) in [4.78, 5) is 36.2. The molecule has 2 atom stereocenters. The third-order valence-electron chi connectivity index (χ3n) is 7.34. The predicted molar refractivity (Wildman–Crippen MR) is 133 cm³/mol. The van der Waals surface area contributed by atoms with E-state index in [-0.39, 0.29) is 49.3 Å². The van der Waals surface area contributed by atoms with E-state index in [0.717, 1.165) is 30.4 Å². The summed E-state index contributed by atoms with van der Waals surface area (Å²) in [6.45, 7) is 2.20. The van der Waals surface area contributed by atoms with Crippen molar-refractivity contribution in [3.63, 3.8) is 0 Å². The lowest BCUT2D eigenvalue weighted by atomic mass is 9.78. The summed E-state index contributed by atoms with van der Waals surface area (Å²) in [6.07, 6.45) is 3.82. The van der Waals surface area contributed by atoms with Crippen LogP contribution in [0.1, 0.15) is 68.9 Å². The molecular weight excluding hydrogens is 444 g/mol. The van der Waals surface area contributed by atoms with Crippen LogP contribution in [0.15, 0.2) is 48.5 Å². The molecule has 2 aromatic rings.